The van der Waals surface area contributed by atoms with Crippen molar-refractivity contribution in [1.29, 1.82) is 0 Å². The van der Waals surface area contributed by atoms with Crippen molar-refractivity contribution in [3.8, 4) is 0 Å². The highest BCUT2D eigenvalue weighted by Crippen LogP contribution is 2.43. The van der Waals surface area contributed by atoms with Crippen molar-refractivity contribution in [2.24, 2.45) is 5.41 Å². The van der Waals surface area contributed by atoms with Crippen LogP contribution in [-0.4, -0.2) is 10.7 Å². The summed E-state index contributed by atoms with van der Waals surface area (Å²) in [7, 11) is 0. The summed E-state index contributed by atoms with van der Waals surface area (Å²) in [6, 6.07) is 4.66. The third-order valence-electron chi connectivity index (χ3n) is 3.83. The normalized spacial score (nSPS) is 27.2. The maximum atomic E-state index is 13.3. The van der Waals surface area contributed by atoms with Crippen molar-refractivity contribution in [2.75, 3.05) is 0 Å². The van der Waals surface area contributed by atoms with E-state index in [1.807, 2.05) is 0 Å². The van der Waals surface area contributed by atoms with Gasteiger partial charge in [-0.3, -0.25) is 0 Å². The van der Waals surface area contributed by atoms with E-state index in [1.165, 1.54) is 12.1 Å². The van der Waals surface area contributed by atoms with Gasteiger partial charge in [-0.2, -0.15) is 0 Å². The summed E-state index contributed by atoms with van der Waals surface area (Å²) in [5, 5.41) is 10.7. The average molecular weight is 315 g/mol. The number of halogens is 2. The van der Waals surface area contributed by atoms with E-state index in [4.69, 9.17) is 0 Å². The van der Waals surface area contributed by atoms with E-state index in [-0.39, 0.29) is 11.2 Å². The fourth-order valence-corrected chi connectivity index (χ4v) is 3.53. The Balaban J connectivity index is 2.19. The lowest BCUT2D eigenvalue weighted by Gasteiger charge is -2.41. The standard InChI is InChI=1S/C15H20BrFO/c1-14(2)6-3-7-15(18,10-14)9-11-8-12(17)4-5-13(11)16/h4-5,8,18H,3,6-7,9-10H2,1-2H3. The zero-order valence-electron chi connectivity index (χ0n) is 11.0. The number of hydrogen-bond acceptors (Lipinski definition) is 1. The van der Waals surface area contributed by atoms with Crippen LogP contribution in [0.25, 0.3) is 0 Å². The molecule has 1 saturated carbocycles. The molecule has 0 radical (unpaired) electrons. The summed E-state index contributed by atoms with van der Waals surface area (Å²) < 4.78 is 14.2. The molecule has 1 fully saturated rings. The van der Waals surface area contributed by atoms with Crippen molar-refractivity contribution in [3.05, 3.63) is 34.1 Å². The van der Waals surface area contributed by atoms with E-state index in [0.717, 1.165) is 35.7 Å². The van der Waals surface area contributed by atoms with E-state index in [2.05, 4.69) is 29.8 Å². The van der Waals surface area contributed by atoms with Crippen molar-refractivity contribution in [3.63, 3.8) is 0 Å². The monoisotopic (exact) mass is 314 g/mol. The van der Waals surface area contributed by atoms with Gasteiger partial charge in [0.1, 0.15) is 5.82 Å². The molecule has 18 heavy (non-hydrogen) atoms. The van der Waals surface area contributed by atoms with Gasteiger partial charge in [0.25, 0.3) is 0 Å². The molecule has 3 heteroatoms. The van der Waals surface area contributed by atoms with Gasteiger partial charge in [-0.1, -0.05) is 36.2 Å². The van der Waals surface area contributed by atoms with Crippen LogP contribution < -0.4 is 0 Å². The first-order chi connectivity index (χ1) is 8.30. The number of benzene rings is 1. The van der Waals surface area contributed by atoms with E-state index in [0.29, 0.717) is 6.42 Å². The van der Waals surface area contributed by atoms with Gasteiger partial charge in [-0.15, -0.1) is 0 Å². The molecule has 1 aliphatic rings. The second-order valence-electron chi connectivity index (χ2n) is 6.33. The van der Waals surface area contributed by atoms with Crippen LogP contribution in [0.15, 0.2) is 22.7 Å². The zero-order chi connectivity index (χ0) is 13.4. The fraction of sp³-hybridized carbons (Fsp3) is 0.600. The van der Waals surface area contributed by atoms with Gasteiger partial charge >= 0.3 is 0 Å². The molecular weight excluding hydrogens is 295 g/mol. The van der Waals surface area contributed by atoms with Crippen LogP contribution in [0, 0.1) is 11.2 Å². The molecule has 100 valence electrons. The summed E-state index contributed by atoms with van der Waals surface area (Å²) in [6.07, 6.45) is 4.30. The predicted molar refractivity (Wildman–Crippen MR) is 75.0 cm³/mol. The molecule has 0 amide bonds. The van der Waals surface area contributed by atoms with Crippen molar-refractivity contribution >= 4 is 15.9 Å². The molecule has 2 rings (SSSR count). The summed E-state index contributed by atoms with van der Waals surface area (Å²) in [6.45, 7) is 4.38. The van der Waals surface area contributed by atoms with Gasteiger partial charge in [0.2, 0.25) is 0 Å². The number of aliphatic hydroxyl groups is 1. The smallest absolute Gasteiger partial charge is 0.123 e. The molecule has 1 unspecified atom stereocenters. The minimum Gasteiger partial charge on any atom is -0.390 e. The van der Waals surface area contributed by atoms with Crippen LogP contribution in [-0.2, 0) is 6.42 Å². The van der Waals surface area contributed by atoms with Crippen molar-refractivity contribution in [2.45, 2.75) is 51.6 Å². The Morgan fingerprint density at radius 1 is 1.33 bits per heavy atom. The molecule has 0 aliphatic heterocycles. The lowest BCUT2D eigenvalue weighted by Crippen LogP contribution is -2.40. The average Bonchev–Trinajstić information content (AvgIpc) is 2.21. The molecule has 1 N–H and O–H groups in total. The lowest BCUT2D eigenvalue weighted by molar-refractivity contribution is -0.0383. The predicted octanol–water partition coefficient (Wildman–Crippen LogP) is 4.46. The molecule has 1 nitrogen and oxygen atoms in total. The molecule has 1 aromatic rings. The highest BCUT2D eigenvalue weighted by molar-refractivity contribution is 9.10. The largest absolute Gasteiger partial charge is 0.390 e. The molecule has 0 heterocycles. The number of rotatable bonds is 2. The van der Waals surface area contributed by atoms with E-state index < -0.39 is 5.60 Å². The first-order valence-electron chi connectivity index (χ1n) is 6.46. The summed E-state index contributed by atoms with van der Waals surface area (Å²) >= 11 is 3.43. The van der Waals surface area contributed by atoms with Crippen LogP contribution in [0.3, 0.4) is 0 Å². The van der Waals surface area contributed by atoms with Crippen molar-refractivity contribution < 1.29 is 9.50 Å². The second-order valence-corrected chi connectivity index (χ2v) is 7.19. The summed E-state index contributed by atoms with van der Waals surface area (Å²) in [5.41, 5.74) is 0.334. The molecule has 0 saturated heterocycles. The Morgan fingerprint density at radius 2 is 2.06 bits per heavy atom. The van der Waals surface area contributed by atoms with Gasteiger partial charge in [-0.25, -0.2) is 4.39 Å². The molecule has 1 aliphatic carbocycles. The van der Waals surface area contributed by atoms with Gasteiger partial charge in [0.15, 0.2) is 0 Å². The third-order valence-corrected chi connectivity index (χ3v) is 4.60. The SMILES string of the molecule is CC1(C)CCCC(O)(Cc2cc(F)ccc2Br)C1. The van der Waals surface area contributed by atoms with Crippen LogP contribution >= 0.6 is 15.9 Å². The number of hydrogen-bond donors (Lipinski definition) is 1. The van der Waals surface area contributed by atoms with Crippen molar-refractivity contribution in [1.82, 2.24) is 0 Å². The molecule has 1 atom stereocenters. The highest BCUT2D eigenvalue weighted by Gasteiger charge is 2.38. The maximum Gasteiger partial charge on any atom is 0.123 e. The Morgan fingerprint density at radius 3 is 2.72 bits per heavy atom. The Kier molecular flexibility index (Phi) is 3.84. The van der Waals surface area contributed by atoms with E-state index in [9.17, 15) is 9.50 Å². The fourth-order valence-electron chi connectivity index (χ4n) is 3.15. The van der Waals surface area contributed by atoms with E-state index in [1.54, 1.807) is 6.07 Å². The highest BCUT2D eigenvalue weighted by atomic mass is 79.9. The van der Waals surface area contributed by atoms with E-state index >= 15 is 0 Å². The van der Waals surface area contributed by atoms with Crippen LogP contribution in [0.2, 0.25) is 0 Å². The molecule has 0 bridgehead atoms. The Hall–Kier alpha value is -0.410. The second kappa shape index (κ2) is 4.93. The molecule has 1 aromatic carbocycles. The Labute approximate surface area is 117 Å². The summed E-state index contributed by atoms with van der Waals surface area (Å²) in [5.74, 6) is -0.244. The van der Waals surface area contributed by atoms with Crippen LogP contribution in [0.4, 0.5) is 4.39 Å². The molecular formula is C15H20BrFO. The first kappa shape index (κ1) is 14.0. The minimum absolute atomic E-state index is 0.173. The topological polar surface area (TPSA) is 20.2 Å². The Bertz CT molecular complexity index is 444. The van der Waals surface area contributed by atoms with Gasteiger partial charge in [0, 0.05) is 10.9 Å². The third kappa shape index (κ3) is 3.33. The molecule has 0 aromatic heterocycles. The summed E-state index contributed by atoms with van der Waals surface area (Å²) in [4.78, 5) is 0. The first-order valence-corrected chi connectivity index (χ1v) is 7.25. The zero-order valence-corrected chi connectivity index (χ0v) is 12.6. The lowest BCUT2D eigenvalue weighted by atomic mass is 9.68. The quantitative estimate of drug-likeness (QED) is 0.854. The van der Waals surface area contributed by atoms with Gasteiger partial charge in [0.05, 0.1) is 5.60 Å². The van der Waals surface area contributed by atoms with Crippen LogP contribution in [0.5, 0.6) is 0 Å². The van der Waals surface area contributed by atoms with Crippen LogP contribution in [0.1, 0.15) is 45.1 Å². The van der Waals surface area contributed by atoms with Gasteiger partial charge in [-0.05, 0) is 48.4 Å². The minimum atomic E-state index is -0.696. The van der Waals surface area contributed by atoms with Gasteiger partial charge < -0.3 is 5.11 Å². The maximum absolute atomic E-state index is 13.3. The molecule has 0 spiro atoms.